The van der Waals surface area contributed by atoms with Crippen LogP contribution in [0.2, 0.25) is 0 Å². The SMILES string of the molecule is COc1ccc(Cc2sc(CCN)nc2C)c(OC)c1. The van der Waals surface area contributed by atoms with Crippen LogP contribution in [0.3, 0.4) is 0 Å². The van der Waals surface area contributed by atoms with E-state index in [4.69, 9.17) is 15.2 Å². The number of nitrogens with two attached hydrogens (primary N) is 1. The monoisotopic (exact) mass is 292 g/mol. The van der Waals surface area contributed by atoms with Crippen molar-refractivity contribution in [3.63, 3.8) is 0 Å². The summed E-state index contributed by atoms with van der Waals surface area (Å²) < 4.78 is 10.7. The van der Waals surface area contributed by atoms with Crippen LogP contribution < -0.4 is 15.2 Å². The Morgan fingerprint density at radius 1 is 1.25 bits per heavy atom. The maximum atomic E-state index is 5.58. The predicted molar refractivity (Wildman–Crippen MR) is 82.0 cm³/mol. The van der Waals surface area contributed by atoms with Crippen LogP contribution in [0.25, 0.3) is 0 Å². The largest absolute Gasteiger partial charge is 0.497 e. The van der Waals surface area contributed by atoms with Gasteiger partial charge in [0.1, 0.15) is 11.5 Å². The number of methoxy groups -OCH3 is 2. The molecular weight excluding hydrogens is 272 g/mol. The van der Waals surface area contributed by atoms with Gasteiger partial charge in [-0.1, -0.05) is 6.07 Å². The fraction of sp³-hybridized carbons (Fsp3) is 0.400. The zero-order valence-electron chi connectivity index (χ0n) is 12.1. The molecule has 1 aromatic carbocycles. The normalized spacial score (nSPS) is 10.6. The van der Waals surface area contributed by atoms with Crippen LogP contribution in [0.15, 0.2) is 18.2 Å². The number of thiazole rings is 1. The van der Waals surface area contributed by atoms with E-state index in [1.54, 1.807) is 25.6 Å². The summed E-state index contributed by atoms with van der Waals surface area (Å²) in [5.41, 5.74) is 7.80. The van der Waals surface area contributed by atoms with Crippen LogP contribution >= 0.6 is 11.3 Å². The van der Waals surface area contributed by atoms with E-state index in [1.807, 2.05) is 25.1 Å². The highest BCUT2D eigenvalue weighted by Gasteiger charge is 2.11. The molecule has 1 heterocycles. The first kappa shape index (κ1) is 14.8. The quantitative estimate of drug-likeness (QED) is 0.889. The van der Waals surface area contributed by atoms with Crippen molar-refractivity contribution in [2.24, 2.45) is 5.73 Å². The molecule has 2 aromatic rings. The van der Waals surface area contributed by atoms with Gasteiger partial charge in [0.25, 0.3) is 0 Å². The van der Waals surface area contributed by atoms with Crippen LogP contribution in [0.5, 0.6) is 11.5 Å². The second-order valence-electron chi connectivity index (χ2n) is 4.51. The summed E-state index contributed by atoms with van der Waals surface area (Å²) in [6.07, 6.45) is 1.66. The highest BCUT2D eigenvalue weighted by atomic mass is 32.1. The lowest BCUT2D eigenvalue weighted by Crippen LogP contribution is -2.01. The van der Waals surface area contributed by atoms with Gasteiger partial charge in [0.15, 0.2) is 0 Å². The van der Waals surface area contributed by atoms with Gasteiger partial charge in [0, 0.05) is 23.8 Å². The molecule has 108 valence electrons. The minimum absolute atomic E-state index is 0.637. The summed E-state index contributed by atoms with van der Waals surface area (Å²) in [4.78, 5) is 5.82. The van der Waals surface area contributed by atoms with Crippen molar-refractivity contribution < 1.29 is 9.47 Å². The molecule has 0 spiro atoms. The molecule has 0 unspecified atom stereocenters. The highest BCUT2D eigenvalue weighted by Crippen LogP contribution is 2.29. The molecule has 1 aromatic heterocycles. The Kier molecular flexibility index (Phi) is 4.98. The van der Waals surface area contributed by atoms with Crippen molar-refractivity contribution in [3.8, 4) is 11.5 Å². The standard InChI is InChI=1S/C15H20N2O2S/c1-10-14(20-15(17-10)6-7-16)8-11-4-5-12(18-2)9-13(11)19-3/h4-5,9H,6-8,16H2,1-3H3. The maximum Gasteiger partial charge on any atom is 0.126 e. The highest BCUT2D eigenvalue weighted by molar-refractivity contribution is 7.11. The first-order chi connectivity index (χ1) is 9.67. The van der Waals surface area contributed by atoms with Crippen LogP contribution in [0, 0.1) is 6.92 Å². The Bertz CT molecular complexity index is 581. The fourth-order valence-electron chi connectivity index (χ4n) is 2.05. The van der Waals surface area contributed by atoms with Gasteiger partial charge in [-0.05, 0) is 25.1 Å². The molecule has 0 aliphatic heterocycles. The molecule has 2 N–H and O–H groups in total. The summed E-state index contributed by atoms with van der Waals surface area (Å²) >= 11 is 1.73. The molecule has 0 saturated carbocycles. The molecule has 0 bridgehead atoms. The number of hydrogen-bond acceptors (Lipinski definition) is 5. The molecule has 0 fully saturated rings. The van der Waals surface area contributed by atoms with Crippen LogP contribution in [0.1, 0.15) is 21.1 Å². The van der Waals surface area contributed by atoms with E-state index in [0.717, 1.165) is 40.6 Å². The second kappa shape index (κ2) is 6.72. The fourth-order valence-corrected chi connectivity index (χ4v) is 3.16. The minimum Gasteiger partial charge on any atom is -0.497 e. The van der Waals surface area contributed by atoms with Gasteiger partial charge in [0.2, 0.25) is 0 Å². The molecule has 0 amide bonds. The van der Waals surface area contributed by atoms with Gasteiger partial charge >= 0.3 is 0 Å². The van der Waals surface area contributed by atoms with Crippen molar-refractivity contribution in [1.29, 1.82) is 0 Å². The van der Waals surface area contributed by atoms with E-state index in [0.29, 0.717) is 6.54 Å². The first-order valence-electron chi connectivity index (χ1n) is 6.54. The van der Waals surface area contributed by atoms with E-state index in [2.05, 4.69) is 4.98 Å². The Labute approximate surface area is 123 Å². The van der Waals surface area contributed by atoms with Crippen molar-refractivity contribution in [1.82, 2.24) is 4.98 Å². The van der Waals surface area contributed by atoms with Crippen molar-refractivity contribution in [2.45, 2.75) is 19.8 Å². The smallest absolute Gasteiger partial charge is 0.126 e. The van der Waals surface area contributed by atoms with Gasteiger partial charge in [-0.2, -0.15) is 0 Å². The van der Waals surface area contributed by atoms with Crippen LogP contribution in [0.4, 0.5) is 0 Å². The molecule has 0 atom stereocenters. The lowest BCUT2D eigenvalue weighted by Gasteiger charge is -2.09. The lowest BCUT2D eigenvalue weighted by molar-refractivity contribution is 0.391. The van der Waals surface area contributed by atoms with Gasteiger partial charge in [-0.15, -0.1) is 11.3 Å². The Morgan fingerprint density at radius 2 is 2.05 bits per heavy atom. The zero-order chi connectivity index (χ0) is 14.5. The minimum atomic E-state index is 0.637. The van der Waals surface area contributed by atoms with E-state index in [-0.39, 0.29) is 0 Å². The number of aryl methyl sites for hydroxylation is 1. The summed E-state index contributed by atoms with van der Waals surface area (Å²) in [6, 6.07) is 5.90. The third-order valence-corrected chi connectivity index (χ3v) is 4.36. The summed E-state index contributed by atoms with van der Waals surface area (Å²) in [6.45, 7) is 2.68. The third-order valence-electron chi connectivity index (χ3n) is 3.14. The summed E-state index contributed by atoms with van der Waals surface area (Å²) in [7, 11) is 3.33. The van der Waals surface area contributed by atoms with Crippen LogP contribution in [-0.4, -0.2) is 25.7 Å². The zero-order valence-corrected chi connectivity index (χ0v) is 12.9. The van der Waals surface area contributed by atoms with Gasteiger partial charge < -0.3 is 15.2 Å². The molecule has 0 aliphatic carbocycles. The second-order valence-corrected chi connectivity index (χ2v) is 5.68. The van der Waals surface area contributed by atoms with E-state index < -0.39 is 0 Å². The average molecular weight is 292 g/mol. The predicted octanol–water partition coefficient (Wildman–Crippen LogP) is 2.56. The van der Waals surface area contributed by atoms with Crippen LogP contribution in [-0.2, 0) is 12.8 Å². The number of benzene rings is 1. The Balaban J connectivity index is 2.25. The summed E-state index contributed by atoms with van der Waals surface area (Å²) in [5.74, 6) is 1.65. The molecular formula is C15H20N2O2S. The molecule has 4 nitrogen and oxygen atoms in total. The summed E-state index contributed by atoms with van der Waals surface area (Å²) in [5, 5.41) is 1.10. The van der Waals surface area contributed by atoms with E-state index in [1.165, 1.54) is 4.88 Å². The third kappa shape index (κ3) is 3.29. The first-order valence-corrected chi connectivity index (χ1v) is 7.35. The molecule has 0 saturated heterocycles. The number of nitrogens with zero attached hydrogens (tertiary/aromatic N) is 1. The van der Waals surface area contributed by atoms with E-state index in [9.17, 15) is 0 Å². The van der Waals surface area contributed by atoms with Gasteiger partial charge in [0.05, 0.1) is 24.9 Å². The molecule has 0 radical (unpaired) electrons. The molecule has 0 aliphatic rings. The lowest BCUT2D eigenvalue weighted by atomic mass is 10.1. The van der Waals surface area contributed by atoms with Crippen molar-refractivity contribution in [2.75, 3.05) is 20.8 Å². The Hall–Kier alpha value is -1.59. The molecule has 5 heteroatoms. The van der Waals surface area contributed by atoms with E-state index >= 15 is 0 Å². The molecule has 2 rings (SSSR count). The molecule has 20 heavy (non-hydrogen) atoms. The number of ether oxygens (including phenoxy) is 2. The maximum absolute atomic E-state index is 5.58. The number of aromatic nitrogens is 1. The topological polar surface area (TPSA) is 57.4 Å². The number of hydrogen-bond donors (Lipinski definition) is 1. The Morgan fingerprint density at radius 3 is 2.70 bits per heavy atom. The van der Waals surface area contributed by atoms with Crippen molar-refractivity contribution >= 4 is 11.3 Å². The average Bonchev–Trinajstić information content (AvgIpc) is 2.79. The van der Waals surface area contributed by atoms with Gasteiger partial charge in [-0.3, -0.25) is 0 Å². The van der Waals surface area contributed by atoms with Crippen molar-refractivity contribution in [3.05, 3.63) is 39.3 Å². The van der Waals surface area contributed by atoms with Gasteiger partial charge in [-0.25, -0.2) is 4.98 Å². The number of rotatable bonds is 6.